The highest BCUT2D eigenvalue weighted by atomic mass is 79.9. The van der Waals surface area contributed by atoms with Crippen LogP contribution < -0.4 is 15.4 Å². The zero-order valence-corrected chi connectivity index (χ0v) is 19.3. The summed E-state index contributed by atoms with van der Waals surface area (Å²) in [4.78, 5) is 25.6. The summed E-state index contributed by atoms with van der Waals surface area (Å²) in [6.45, 7) is 5.60. The molecular formula is C24H29BrN2O3. The van der Waals surface area contributed by atoms with Crippen LogP contribution in [0.2, 0.25) is 0 Å². The molecular weight excluding hydrogens is 444 g/mol. The summed E-state index contributed by atoms with van der Waals surface area (Å²) < 4.78 is 6.93. The molecule has 0 bridgehead atoms. The van der Waals surface area contributed by atoms with Crippen LogP contribution in [0, 0.1) is 13.8 Å². The monoisotopic (exact) mass is 472 g/mol. The Hall–Kier alpha value is -2.34. The van der Waals surface area contributed by atoms with Crippen LogP contribution in [0.25, 0.3) is 0 Å². The van der Waals surface area contributed by atoms with Gasteiger partial charge < -0.3 is 15.4 Å². The quantitative estimate of drug-likeness (QED) is 0.580. The molecule has 1 fully saturated rings. The van der Waals surface area contributed by atoms with E-state index in [0.29, 0.717) is 17.0 Å². The number of carbonyl (C=O) groups is 2. The number of amides is 2. The smallest absolute Gasteiger partial charge is 0.265 e. The van der Waals surface area contributed by atoms with Crippen LogP contribution in [0.3, 0.4) is 0 Å². The van der Waals surface area contributed by atoms with Crippen LogP contribution in [-0.4, -0.2) is 24.0 Å². The van der Waals surface area contributed by atoms with Gasteiger partial charge in [0.25, 0.3) is 11.8 Å². The van der Waals surface area contributed by atoms with Gasteiger partial charge in [-0.25, -0.2) is 0 Å². The molecule has 1 atom stereocenters. The Morgan fingerprint density at radius 2 is 1.70 bits per heavy atom. The first-order valence-corrected chi connectivity index (χ1v) is 11.3. The van der Waals surface area contributed by atoms with Crippen LogP contribution >= 0.6 is 15.9 Å². The van der Waals surface area contributed by atoms with Crippen molar-refractivity contribution in [3.8, 4) is 5.75 Å². The van der Waals surface area contributed by atoms with Crippen LogP contribution in [0.4, 0.5) is 5.69 Å². The van der Waals surface area contributed by atoms with Gasteiger partial charge in [-0.2, -0.15) is 0 Å². The minimum Gasteiger partial charge on any atom is -0.480 e. The lowest BCUT2D eigenvalue weighted by molar-refractivity contribution is -0.122. The number of hydrogen-bond donors (Lipinski definition) is 2. The van der Waals surface area contributed by atoms with Gasteiger partial charge >= 0.3 is 0 Å². The van der Waals surface area contributed by atoms with Crippen LogP contribution in [-0.2, 0) is 4.79 Å². The molecule has 2 N–H and O–H groups in total. The molecule has 1 aliphatic carbocycles. The summed E-state index contributed by atoms with van der Waals surface area (Å²) in [5.74, 6) is 0.254. The molecule has 0 aromatic heterocycles. The van der Waals surface area contributed by atoms with Crippen LogP contribution in [0.5, 0.6) is 5.75 Å². The molecule has 3 rings (SSSR count). The molecule has 2 aromatic rings. The van der Waals surface area contributed by atoms with E-state index >= 15 is 0 Å². The Balaban J connectivity index is 1.68. The molecule has 1 saturated carbocycles. The largest absolute Gasteiger partial charge is 0.480 e. The Morgan fingerprint density at radius 3 is 2.37 bits per heavy atom. The molecule has 0 heterocycles. The third-order valence-electron chi connectivity index (χ3n) is 5.46. The molecule has 2 amide bonds. The van der Waals surface area contributed by atoms with E-state index < -0.39 is 6.10 Å². The summed E-state index contributed by atoms with van der Waals surface area (Å²) in [5, 5.41) is 5.98. The van der Waals surface area contributed by atoms with E-state index in [2.05, 4.69) is 26.6 Å². The Morgan fingerprint density at radius 1 is 1.07 bits per heavy atom. The number of rotatable bonds is 6. The van der Waals surface area contributed by atoms with Crippen molar-refractivity contribution in [2.24, 2.45) is 0 Å². The Kier molecular flexibility index (Phi) is 7.53. The lowest BCUT2D eigenvalue weighted by Gasteiger charge is -2.23. The minimum absolute atomic E-state index is 0.147. The summed E-state index contributed by atoms with van der Waals surface area (Å²) >= 11 is 3.47. The number of hydrogen-bond acceptors (Lipinski definition) is 3. The summed E-state index contributed by atoms with van der Waals surface area (Å²) in [6, 6.07) is 11.2. The van der Waals surface area contributed by atoms with E-state index in [9.17, 15) is 9.59 Å². The first-order valence-electron chi connectivity index (χ1n) is 10.5. The van der Waals surface area contributed by atoms with Crippen molar-refractivity contribution in [2.75, 3.05) is 5.32 Å². The molecule has 1 unspecified atom stereocenters. The first kappa shape index (κ1) is 22.3. The highest BCUT2D eigenvalue weighted by molar-refractivity contribution is 9.10. The Labute approximate surface area is 186 Å². The maximum atomic E-state index is 12.8. The minimum atomic E-state index is -0.710. The molecule has 30 heavy (non-hydrogen) atoms. The second-order valence-corrected chi connectivity index (χ2v) is 8.89. The number of benzene rings is 2. The third kappa shape index (κ3) is 5.63. The number of anilines is 1. The van der Waals surface area contributed by atoms with Gasteiger partial charge in [0.15, 0.2) is 6.10 Å². The fourth-order valence-corrected chi connectivity index (χ4v) is 4.53. The molecule has 0 saturated heterocycles. The summed E-state index contributed by atoms with van der Waals surface area (Å²) in [6.07, 6.45) is 4.83. The van der Waals surface area contributed by atoms with Crippen molar-refractivity contribution < 1.29 is 14.3 Å². The zero-order valence-electron chi connectivity index (χ0n) is 17.8. The molecule has 0 aliphatic heterocycles. The van der Waals surface area contributed by atoms with Crippen LogP contribution in [0.1, 0.15) is 60.5 Å². The van der Waals surface area contributed by atoms with Gasteiger partial charge in [-0.15, -0.1) is 0 Å². The fraction of sp³-hybridized carbons (Fsp3) is 0.417. The fourth-order valence-electron chi connectivity index (χ4n) is 3.85. The van der Waals surface area contributed by atoms with Gasteiger partial charge in [0.2, 0.25) is 0 Å². The predicted molar refractivity (Wildman–Crippen MR) is 123 cm³/mol. The van der Waals surface area contributed by atoms with Gasteiger partial charge in [0.05, 0.1) is 11.3 Å². The lowest BCUT2D eigenvalue weighted by Crippen LogP contribution is -2.37. The Bertz CT molecular complexity index is 899. The second-order valence-electron chi connectivity index (χ2n) is 7.97. The predicted octanol–water partition coefficient (Wildman–Crippen LogP) is 5.53. The van der Waals surface area contributed by atoms with E-state index in [4.69, 9.17) is 4.74 Å². The second kappa shape index (κ2) is 10.1. The van der Waals surface area contributed by atoms with Crippen molar-refractivity contribution in [3.63, 3.8) is 0 Å². The van der Waals surface area contributed by atoms with Gasteiger partial charge in [-0.3, -0.25) is 9.59 Å². The number of para-hydroxylation sites is 1. The van der Waals surface area contributed by atoms with Gasteiger partial charge in [0, 0.05) is 10.5 Å². The average molecular weight is 473 g/mol. The van der Waals surface area contributed by atoms with Gasteiger partial charge in [-0.1, -0.05) is 47.3 Å². The van der Waals surface area contributed by atoms with Crippen molar-refractivity contribution in [1.82, 2.24) is 5.32 Å². The van der Waals surface area contributed by atoms with E-state index in [1.165, 1.54) is 6.42 Å². The van der Waals surface area contributed by atoms with Gasteiger partial charge in [-0.05, 0) is 69.0 Å². The summed E-state index contributed by atoms with van der Waals surface area (Å²) in [5.41, 5.74) is 2.87. The van der Waals surface area contributed by atoms with E-state index in [-0.39, 0.29) is 17.9 Å². The molecule has 0 spiro atoms. The van der Waals surface area contributed by atoms with E-state index in [1.807, 2.05) is 32.0 Å². The highest BCUT2D eigenvalue weighted by Gasteiger charge is 2.22. The molecule has 2 aromatic carbocycles. The van der Waals surface area contributed by atoms with E-state index in [1.54, 1.807) is 25.1 Å². The van der Waals surface area contributed by atoms with E-state index in [0.717, 1.165) is 41.3 Å². The van der Waals surface area contributed by atoms with Gasteiger partial charge in [0.1, 0.15) is 5.75 Å². The molecule has 0 radical (unpaired) electrons. The molecule has 5 nitrogen and oxygen atoms in total. The molecule has 160 valence electrons. The average Bonchev–Trinajstić information content (AvgIpc) is 2.71. The standard InChI is InChI=1S/C24H29BrN2O3/c1-15-13-18(25)14-16(2)22(15)30-17(3)23(28)27-21-12-8-7-11-20(21)24(29)26-19-9-5-4-6-10-19/h7-8,11-14,17,19H,4-6,9-10H2,1-3H3,(H,26,29)(H,27,28). The molecule has 6 heteroatoms. The SMILES string of the molecule is Cc1cc(Br)cc(C)c1OC(C)C(=O)Nc1ccccc1C(=O)NC1CCCCC1. The zero-order chi connectivity index (χ0) is 21.7. The number of halogens is 1. The highest BCUT2D eigenvalue weighted by Crippen LogP contribution is 2.28. The lowest BCUT2D eigenvalue weighted by atomic mass is 9.95. The number of ether oxygens (including phenoxy) is 1. The van der Waals surface area contributed by atoms with Crippen molar-refractivity contribution in [2.45, 2.75) is 65.0 Å². The number of aryl methyl sites for hydroxylation is 2. The van der Waals surface area contributed by atoms with Crippen molar-refractivity contribution >= 4 is 33.4 Å². The topological polar surface area (TPSA) is 67.4 Å². The third-order valence-corrected chi connectivity index (χ3v) is 5.92. The summed E-state index contributed by atoms with van der Waals surface area (Å²) in [7, 11) is 0. The number of nitrogens with one attached hydrogen (secondary N) is 2. The van der Waals surface area contributed by atoms with Crippen molar-refractivity contribution in [3.05, 3.63) is 57.6 Å². The first-order chi connectivity index (χ1) is 14.3. The number of carbonyl (C=O) groups excluding carboxylic acids is 2. The van der Waals surface area contributed by atoms with Crippen molar-refractivity contribution in [1.29, 1.82) is 0 Å². The normalized spacial score (nSPS) is 15.3. The van der Waals surface area contributed by atoms with Crippen LogP contribution in [0.15, 0.2) is 40.9 Å². The maximum absolute atomic E-state index is 12.8. The maximum Gasteiger partial charge on any atom is 0.265 e. The molecule has 1 aliphatic rings.